The van der Waals surface area contributed by atoms with Crippen LogP contribution in [-0.4, -0.2) is 21.4 Å². The van der Waals surface area contributed by atoms with Crippen molar-refractivity contribution in [3.63, 3.8) is 0 Å². The fourth-order valence-corrected chi connectivity index (χ4v) is 2.46. The molecule has 0 saturated carbocycles. The maximum absolute atomic E-state index is 11.4. The van der Waals surface area contributed by atoms with Crippen LogP contribution < -0.4 is 5.56 Å². The molecule has 0 radical (unpaired) electrons. The zero-order valence-corrected chi connectivity index (χ0v) is 10.4. The van der Waals surface area contributed by atoms with Gasteiger partial charge in [0.2, 0.25) is 5.13 Å². The Morgan fingerprint density at radius 3 is 2.89 bits per heavy atom. The van der Waals surface area contributed by atoms with Crippen molar-refractivity contribution < 1.29 is 0 Å². The molecule has 0 atom stereocenters. The minimum Gasteiger partial charge on any atom is -0.302 e. The zero-order valence-electron chi connectivity index (χ0n) is 9.60. The number of thiazole rings is 1. The van der Waals surface area contributed by atoms with Crippen LogP contribution in [-0.2, 0) is 0 Å². The number of hydrogen-bond donors (Lipinski definition) is 2. The van der Waals surface area contributed by atoms with Crippen LogP contribution in [0.25, 0.3) is 10.2 Å². The lowest BCUT2D eigenvalue weighted by Gasteiger charge is -1.85. The van der Waals surface area contributed by atoms with E-state index in [1.54, 1.807) is 6.21 Å². The lowest BCUT2D eigenvalue weighted by Crippen LogP contribution is -2.04. The van der Waals surface area contributed by atoms with Crippen molar-refractivity contribution in [2.45, 2.75) is 6.92 Å². The molecule has 0 aliphatic rings. The largest absolute Gasteiger partial charge is 0.302 e. The molecule has 5 nitrogen and oxygen atoms in total. The number of aliphatic imine (C=N–C) groups is 1. The number of rotatable bonds is 2. The number of aromatic nitrogens is 3. The second-order valence-electron chi connectivity index (χ2n) is 3.84. The van der Waals surface area contributed by atoms with Gasteiger partial charge in [-0.1, -0.05) is 23.5 Å². The summed E-state index contributed by atoms with van der Waals surface area (Å²) in [5.74, 6) is 0. The van der Waals surface area contributed by atoms with Crippen LogP contribution in [0.4, 0.5) is 5.13 Å². The van der Waals surface area contributed by atoms with Gasteiger partial charge < -0.3 is 5.10 Å². The van der Waals surface area contributed by atoms with E-state index < -0.39 is 0 Å². The topological polar surface area (TPSA) is 73.9 Å². The number of aromatic amines is 2. The van der Waals surface area contributed by atoms with E-state index in [-0.39, 0.29) is 5.56 Å². The number of H-pyrrole nitrogens is 2. The Kier molecular flexibility index (Phi) is 2.56. The summed E-state index contributed by atoms with van der Waals surface area (Å²) in [5, 5.41) is 5.91. The van der Waals surface area contributed by atoms with Gasteiger partial charge in [0, 0.05) is 11.9 Å². The number of nitrogens with one attached hydrogen (secondary N) is 2. The van der Waals surface area contributed by atoms with Crippen LogP contribution in [0, 0.1) is 6.92 Å². The molecule has 1 aromatic carbocycles. The van der Waals surface area contributed by atoms with Gasteiger partial charge in [0.15, 0.2) is 0 Å². The van der Waals surface area contributed by atoms with E-state index in [1.165, 1.54) is 11.3 Å². The maximum Gasteiger partial charge on any atom is 0.272 e. The first-order chi connectivity index (χ1) is 8.74. The van der Waals surface area contributed by atoms with Crippen molar-refractivity contribution in [1.82, 2.24) is 15.2 Å². The first-order valence-corrected chi connectivity index (χ1v) is 6.22. The molecule has 0 unspecified atom stereocenters. The Balaban J connectivity index is 1.99. The van der Waals surface area contributed by atoms with Crippen LogP contribution in [0.5, 0.6) is 0 Å². The van der Waals surface area contributed by atoms with Gasteiger partial charge in [-0.15, -0.1) is 0 Å². The molecule has 0 amide bonds. The Hall–Kier alpha value is -2.21. The second-order valence-corrected chi connectivity index (χ2v) is 4.85. The highest BCUT2D eigenvalue weighted by atomic mass is 32.1. The van der Waals surface area contributed by atoms with E-state index in [2.05, 4.69) is 20.2 Å². The van der Waals surface area contributed by atoms with Crippen molar-refractivity contribution in [2.24, 2.45) is 4.99 Å². The molecule has 0 aliphatic heterocycles. The fourth-order valence-electron chi connectivity index (χ4n) is 1.65. The fraction of sp³-hybridized carbons (Fsp3) is 0.0833. The monoisotopic (exact) mass is 258 g/mol. The summed E-state index contributed by atoms with van der Waals surface area (Å²) in [5.41, 5.74) is 2.06. The highest BCUT2D eigenvalue weighted by Crippen LogP contribution is 2.27. The van der Waals surface area contributed by atoms with E-state index in [9.17, 15) is 4.79 Å². The molecular weight excluding hydrogens is 248 g/mol. The molecule has 6 heteroatoms. The molecule has 2 heterocycles. The lowest BCUT2D eigenvalue weighted by atomic mass is 10.3. The number of para-hydroxylation sites is 1. The minimum atomic E-state index is -0.169. The average molecular weight is 258 g/mol. The predicted octanol–water partition coefficient (Wildman–Crippen LogP) is 2.37. The molecule has 0 fully saturated rings. The normalized spacial score (nSPS) is 11.6. The minimum absolute atomic E-state index is 0.169. The standard InChI is InChI=1S/C12H10N4OS/c1-7-8(11(17)16-15-7)6-13-12-14-9-4-2-3-5-10(9)18-12/h2-6H,1H3,(H2,15,16,17). The number of nitrogens with zero attached hydrogens (tertiary/aromatic N) is 2. The van der Waals surface area contributed by atoms with E-state index in [4.69, 9.17) is 0 Å². The quantitative estimate of drug-likeness (QED) is 0.692. The first-order valence-electron chi connectivity index (χ1n) is 5.41. The summed E-state index contributed by atoms with van der Waals surface area (Å²) in [6.07, 6.45) is 1.54. The Labute approximate surface area is 106 Å². The summed E-state index contributed by atoms with van der Waals surface area (Å²) >= 11 is 1.50. The van der Waals surface area contributed by atoms with Gasteiger partial charge in [0.25, 0.3) is 5.56 Å². The molecule has 90 valence electrons. The van der Waals surface area contributed by atoms with Crippen LogP contribution in [0.1, 0.15) is 11.3 Å². The molecule has 0 aliphatic carbocycles. The van der Waals surface area contributed by atoms with Gasteiger partial charge in [-0.2, -0.15) is 0 Å². The van der Waals surface area contributed by atoms with Crippen molar-refractivity contribution in [3.05, 3.63) is 45.9 Å². The lowest BCUT2D eigenvalue weighted by molar-refractivity contribution is 1.02. The summed E-state index contributed by atoms with van der Waals surface area (Å²) in [6.45, 7) is 1.82. The first kappa shape index (κ1) is 10.9. The summed E-state index contributed by atoms with van der Waals surface area (Å²) in [4.78, 5) is 20.1. The number of benzene rings is 1. The highest BCUT2D eigenvalue weighted by Gasteiger charge is 2.04. The third-order valence-corrected chi connectivity index (χ3v) is 3.54. The molecule has 2 aromatic heterocycles. The van der Waals surface area contributed by atoms with Gasteiger partial charge in [0.1, 0.15) is 0 Å². The van der Waals surface area contributed by atoms with Crippen molar-refractivity contribution >= 4 is 32.9 Å². The van der Waals surface area contributed by atoms with Gasteiger partial charge >= 0.3 is 0 Å². The second kappa shape index (κ2) is 4.23. The SMILES string of the molecule is Cc1[nH][nH]c(=O)c1C=Nc1nc2ccccc2s1. The predicted molar refractivity (Wildman–Crippen MR) is 73.0 cm³/mol. The third-order valence-electron chi connectivity index (χ3n) is 2.60. The van der Waals surface area contributed by atoms with Crippen molar-refractivity contribution in [3.8, 4) is 0 Å². The number of fused-ring (bicyclic) bond motifs is 1. The molecule has 0 bridgehead atoms. The Morgan fingerprint density at radius 1 is 1.33 bits per heavy atom. The third kappa shape index (κ3) is 1.86. The molecule has 2 N–H and O–H groups in total. The highest BCUT2D eigenvalue weighted by molar-refractivity contribution is 7.22. The Bertz CT molecular complexity index is 748. The van der Waals surface area contributed by atoms with E-state index in [0.717, 1.165) is 15.9 Å². The van der Waals surface area contributed by atoms with E-state index in [0.29, 0.717) is 10.7 Å². The molecular formula is C12H10N4OS. The van der Waals surface area contributed by atoms with Crippen molar-refractivity contribution in [1.29, 1.82) is 0 Å². The molecule has 3 rings (SSSR count). The van der Waals surface area contributed by atoms with Crippen molar-refractivity contribution in [2.75, 3.05) is 0 Å². The van der Waals surface area contributed by atoms with Gasteiger partial charge in [-0.3, -0.25) is 9.89 Å². The van der Waals surface area contributed by atoms with Gasteiger partial charge in [-0.25, -0.2) is 9.98 Å². The smallest absolute Gasteiger partial charge is 0.272 e. The zero-order chi connectivity index (χ0) is 12.5. The maximum atomic E-state index is 11.4. The number of aryl methyl sites for hydroxylation is 1. The van der Waals surface area contributed by atoms with E-state index >= 15 is 0 Å². The average Bonchev–Trinajstić information content (AvgIpc) is 2.91. The van der Waals surface area contributed by atoms with Crippen LogP contribution in [0.15, 0.2) is 34.1 Å². The van der Waals surface area contributed by atoms with Crippen LogP contribution in [0.3, 0.4) is 0 Å². The molecule has 0 spiro atoms. The van der Waals surface area contributed by atoms with Crippen LogP contribution in [0.2, 0.25) is 0 Å². The van der Waals surface area contributed by atoms with Gasteiger partial charge in [0.05, 0.1) is 15.8 Å². The van der Waals surface area contributed by atoms with E-state index in [1.807, 2.05) is 31.2 Å². The Morgan fingerprint density at radius 2 is 2.17 bits per heavy atom. The molecule has 0 saturated heterocycles. The van der Waals surface area contributed by atoms with Gasteiger partial charge in [-0.05, 0) is 19.1 Å². The molecule has 18 heavy (non-hydrogen) atoms. The summed E-state index contributed by atoms with van der Waals surface area (Å²) < 4.78 is 1.09. The molecule has 3 aromatic rings. The summed E-state index contributed by atoms with van der Waals surface area (Å²) in [6, 6.07) is 7.85. The summed E-state index contributed by atoms with van der Waals surface area (Å²) in [7, 11) is 0. The van der Waals surface area contributed by atoms with Crippen LogP contribution >= 0.6 is 11.3 Å². The number of hydrogen-bond acceptors (Lipinski definition) is 4.